The van der Waals surface area contributed by atoms with E-state index in [4.69, 9.17) is 4.52 Å². The van der Waals surface area contributed by atoms with Crippen molar-refractivity contribution in [3.8, 4) is 0 Å². The summed E-state index contributed by atoms with van der Waals surface area (Å²) in [7, 11) is 0. The zero-order chi connectivity index (χ0) is 15.4. The fraction of sp³-hybridized carbons (Fsp3) is 0.188. The van der Waals surface area contributed by atoms with Crippen molar-refractivity contribution in [3.05, 3.63) is 59.0 Å². The molecule has 2 aromatic rings. The van der Waals surface area contributed by atoms with Gasteiger partial charge in [-0.15, -0.1) is 0 Å². The predicted molar refractivity (Wildman–Crippen MR) is 79.2 cm³/mol. The van der Waals surface area contributed by atoms with Crippen molar-refractivity contribution in [2.45, 2.75) is 13.8 Å². The average Bonchev–Trinajstić information content (AvgIpc) is 2.84. The highest BCUT2D eigenvalue weighted by Gasteiger charge is 2.17. The Bertz CT molecular complexity index is 684. The molecule has 1 heterocycles. The Kier molecular flexibility index (Phi) is 4.33. The lowest BCUT2D eigenvalue weighted by molar-refractivity contribution is 0.0887. The van der Waals surface area contributed by atoms with E-state index in [1.807, 2.05) is 0 Å². The number of carbonyl (C=O) groups excluding carboxylic acids is 2. The lowest BCUT2D eigenvalue weighted by atomic mass is 10.1. The van der Waals surface area contributed by atoms with E-state index in [0.717, 1.165) is 5.56 Å². The van der Waals surface area contributed by atoms with Gasteiger partial charge < -0.3 is 9.84 Å². The Labute approximate surface area is 122 Å². The number of ketones is 1. The van der Waals surface area contributed by atoms with Crippen LogP contribution in [0.3, 0.4) is 0 Å². The standard InChI is InChI=1S/C16H16N2O3/c1-4-12-5-7-13(8-6-12)16(20)17-9-14(19)15-10(2)11(3)18-21-15/h4-8H,1,9H2,2-3H3,(H,17,20). The van der Waals surface area contributed by atoms with Crippen LogP contribution in [0.25, 0.3) is 6.08 Å². The number of aromatic nitrogens is 1. The first kappa shape index (κ1) is 14.7. The number of aryl methyl sites for hydroxylation is 1. The molecule has 2 rings (SSSR count). The Morgan fingerprint density at radius 2 is 1.95 bits per heavy atom. The van der Waals surface area contributed by atoms with Crippen molar-refractivity contribution in [2.24, 2.45) is 0 Å². The summed E-state index contributed by atoms with van der Waals surface area (Å²) in [6.07, 6.45) is 1.69. The molecule has 0 saturated carbocycles. The zero-order valence-electron chi connectivity index (χ0n) is 12.0. The van der Waals surface area contributed by atoms with Gasteiger partial charge in [-0.3, -0.25) is 9.59 Å². The molecule has 5 nitrogen and oxygen atoms in total. The summed E-state index contributed by atoms with van der Waals surface area (Å²) in [5, 5.41) is 6.29. The first-order valence-electron chi connectivity index (χ1n) is 6.49. The van der Waals surface area contributed by atoms with Crippen LogP contribution in [0.2, 0.25) is 0 Å². The minimum absolute atomic E-state index is 0.127. The van der Waals surface area contributed by atoms with Crippen LogP contribution in [0.4, 0.5) is 0 Å². The number of carbonyl (C=O) groups is 2. The largest absolute Gasteiger partial charge is 0.352 e. The molecule has 21 heavy (non-hydrogen) atoms. The molecule has 1 amide bonds. The number of Topliss-reactive ketones (excluding diaryl/α,β-unsaturated/α-hetero) is 1. The normalized spacial score (nSPS) is 10.2. The summed E-state index contributed by atoms with van der Waals surface area (Å²) in [5.41, 5.74) is 2.78. The minimum Gasteiger partial charge on any atom is -0.352 e. The fourth-order valence-electron chi connectivity index (χ4n) is 1.79. The highest BCUT2D eigenvalue weighted by atomic mass is 16.5. The maximum Gasteiger partial charge on any atom is 0.251 e. The van der Waals surface area contributed by atoms with Crippen molar-refractivity contribution in [3.63, 3.8) is 0 Å². The predicted octanol–water partition coefficient (Wildman–Crippen LogP) is 2.55. The van der Waals surface area contributed by atoms with Gasteiger partial charge in [-0.05, 0) is 31.5 Å². The first-order chi connectivity index (χ1) is 10.0. The van der Waals surface area contributed by atoms with Gasteiger partial charge in [0.15, 0.2) is 0 Å². The third kappa shape index (κ3) is 3.25. The topological polar surface area (TPSA) is 72.2 Å². The van der Waals surface area contributed by atoms with Crippen LogP contribution in [-0.2, 0) is 0 Å². The number of nitrogens with zero attached hydrogens (tertiary/aromatic N) is 1. The van der Waals surface area contributed by atoms with Crippen LogP contribution in [-0.4, -0.2) is 23.4 Å². The van der Waals surface area contributed by atoms with Gasteiger partial charge in [0.05, 0.1) is 12.2 Å². The van der Waals surface area contributed by atoms with Crippen molar-refractivity contribution < 1.29 is 14.1 Å². The Morgan fingerprint density at radius 3 is 2.48 bits per heavy atom. The second kappa shape index (κ2) is 6.17. The summed E-state index contributed by atoms with van der Waals surface area (Å²) in [4.78, 5) is 23.9. The van der Waals surface area contributed by atoms with Gasteiger partial charge in [-0.1, -0.05) is 29.9 Å². The molecule has 0 unspecified atom stereocenters. The van der Waals surface area contributed by atoms with Crippen LogP contribution in [0.1, 0.15) is 37.7 Å². The first-order valence-corrected chi connectivity index (χ1v) is 6.49. The lowest BCUT2D eigenvalue weighted by Gasteiger charge is -2.04. The number of benzene rings is 1. The summed E-state index contributed by atoms with van der Waals surface area (Å²) < 4.78 is 4.96. The maximum absolute atomic E-state index is 12.0. The Morgan fingerprint density at radius 1 is 1.29 bits per heavy atom. The van der Waals surface area contributed by atoms with Crippen molar-refractivity contribution >= 4 is 17.8 Å². The van der Waals surface area contributed by atoms with E-state index in [1.54, 1.807) is 44.2 Å². The van der Waals surface area contributed by atoms with Crippen LogP contribution in [0.5, 0.6) is 0 Å². The minimum atomic E-state index is -0.312. The lowest BCUT2D eigenvalue weighted by Crippen LogP contribution is -2.29. The second-order valence-electron chi connectivity index (χ2n) is 4.65. The van der Waals surface area contributed by atoms with E-state index >= 15 is 0 Å². The second-order valence-corrected chi connectivity index (χ2v) is 4.65. The van der Waals surface area contributed by atoms with E-state index in [1.165, 1.54) is 0 Å². The molecule has 0 bridgehead atoms. The molecule has 0 atom stereocenters. The monoisotopic (exact) mass is 284 g/mol. The molecule has 0 saturated heterocycles. The molecule has 5 heteroatoms. The molecule has 1 aromatic heterocycles. The SMILES string of the molecule is C=Cc1ccc(C(=O)NCC(=O)c2onc(C)c2C)cc1. The third-order valence-electron chi connectivity index (χ3n) is 3.23. The number of rotatable bonds is 5. The number of nitrogens with one attached hydrogen (secondary N) is 1. The number of hydrogen-bond acceptors (Lipinski definition) is 4. The highest BCUT2D eigenvalue weighted by molar-refractivity contribution is 6.01. The molecular formula is C16H16N2O3. The molecule has 0 fully saturated rings. The van der Waals surface area contributed by atoms with Gasteiger partial charge >= 0.3 is 0 Å². The van der Waals surface area contributed by atoms with E-state index < -0.39 is 0 Å². The summed E-state index contributed by atoms with van der Waals surface area (Å²) in [5.74, 6) is -0.424. The van der Waals surface area contributed by atoms with Gasteiger partial charge in [-0.25, -0.2) is 0 Å². The Hall–Kier alpha value is -2.69. The van der Waals surface area contributed by atoms with E-state index in [9.17, 15) is 9.59 Å². The van der Waals surface area contributed by atoms with Gasteiger partial charge in [0.1, 0.15) is 0 Å². The molecule has 1 N–H and O–H groups in total. The molecule has 0 aliphatic heterocycles. The number of hydrogen-bond donors (Lipinski definition) is 1. The van der Waals surface area contributed by atoms with E-state index in [0.29, 0.717) is 16.8 Å². The average molecular weight is 284 g/mol. The molecule has 0 aliphatic carbocycles. The van der Waals surface area contributed by atoms with E-state index in [2.05, 4.69) is 17.1 Å². The molecule has 0 aliphatic rings. The molecule has 0 spiro atoms. The Balaban J connectivity index is 1.98. The van der Waals surface area contributed by atoms with E-state index in [-0.39, 0.29) is 24.0 Å². The van der Waals surface area contributed by atoms with Gasteiger partial charge in [-0.2, -0.15) is 0 Å². The zero-order valence-corrected chi connectivity index (χ0v) is 12.0. The molecular weight excluding hydrogens is 268 g/mol. The van der Waals surface area contributed by atoms with Crippen molar-refractivity contribution in [1.29, 1.82) is 0 Å². The number of amides is 1. The van der Waals surface area contributed by atoms with Crippen LogP contribution in [0.15, 0.2) is 35.4 Å². The van der Waals surface area contributed by atoms with Gasteiger partial charge in [0.25, 0.3) is 5.91 Å². The molecule has 0 radical (unpaired) electrons. The van der Waals surface area contributed by atoms with Crippen LogP contribution >= 0.6 is 0 Å². The van der Waals surface area contributed by atoms with Crippen LogP contribution in [0, 0.1) is 13.8 Å². The van der Waals surface area contributed by atoms with Gasteiger partial charge in [0.2, 0.25) is 11.5 Å². The van der Waals surface area contributed by atoms with Crippen molar-refractivity contribution in [2.75, 3.05) is 6.54 Å². The van der Waals surface area contributed by atoms with Gasteiger partial charge in [0, 0.05) is 11.1 Å². The quantitative estimate of drug-likeness (QED) is 0.856. The maximum atomic E-state index is 12.0. The third-order valence-corrected chi connectivity index (χ3v) is 3.23. The summed E-state index contributed by atoms with van der Waals surface area (Å²) >= 11 is 0. The summed E-state index contributed by atoms with van der Waals surface area (Å²) in [6, 6.07) is 6.93. The molecule has 1 aromatic carbocycles. The summed E-state index contributed by atoms with van der Waals surface area (Å²) in [6.45, 7) is 7.04. The van der Waals surface area contributed by atoms with Crippen molar-refractivity contribution in [1.82, 2.24) is 10.5 Å². The molecule has 108 valence electrons. The fourth-order valence-corrected chi connectivity index (χ4v) is 1.79. The van der Waals surface area contributed by atoms with Crippen LogP contribution < -0.4 is 5.32 Å². The smallest absolute Gasteiger partial charge is 0.251 e. The highest BCUT2D eigenvalue weighted by Crippen LogP contribution is 2.12.